The molecule has 1 aliphatic heterocycles. The van der Waals surface area contributed by atoms with Crippen LogP contribution in [-0.2, 0) is 18.8 Å². The number of rotatable bonds is 7. The molecule has 1 saturated heterocycles. The van der Waals surface area contributed by atoms with E-state index in [2.05, 4.69) is 0 Å². The zero-order chi connectivity index (χ0) is 21.9. The van der Waals surface area contributed by atoms with Crippen LogP contribution in [0.5, 0.6) is 5.75 Å². The van der Waals surface area contributed by atoms with Crippen LogP contribution in [-0.4, -0.2) is 38.0 Å². The number of benzene rings is 2. The van der Waals surface area contributed by atoms with Crippen molar-refractivity contribution in [3.63, 3.8) is 0 Å². The van der Waals surface area contributed by atoms with Gasteiger partial charge in [-0.2, -0.15) is 0 Å². The minimum Gasteiger partial charge on any atom is -0.496 e. The third kappa shape index (κ3) is 4.55. The van der Waals surface area contributed by atoms with Gasteiger partial charge < -0.3 is 18.8 Å². The van der Waals surface area contributed by atoms with E-state index in [4.69, 9.17) is 18.8 Å². The molecular formula is C24H31BO5. The van der Waals surface area contributed by atoms with Crippen LogP contribution >= 0.6 is 0 Å². The molecule has 0 saturated carbocycles. The first-order valence-corrected chi connectivity index (χ1v) is 10.4. The van der Waals surface area contributed by atoms with Gasteiger partial charge in [-0.15, -0.1) is 0 Å². The lowest BCUT2D eigenvalue weighted by atomic mass is 9.66. The number of carbonyl (C=O) groups excluding carboxylic acids is 1. The molecule has 0 aromatic heterocycles. The topological polar surface area (TPSA) is 54.0 Å². The molecule has 160 valence electrons. The molecule has 0 spiro atoms. The van der Waals surface area contributed by atoms with Crippen molar-refractivity contribution >= 4 is 13.1 Å². The van der Waals surface area contributed by atoms with Gasteiger partial charge >= 0.3 is 13.1 Å². The van der Waals surface area contributed by atoms with E-state index < -0.39 is 18.3 Å². The van der Waals surface area contributed by atoms with E-state index in [9.17, 15) is 4.79 Å². The van der Waals surface area contributed by atoms with Crippen molar-refractivity contribution in [3.05, 3.63) is 54.1 Å². The Kier molecular flexibility index (Phi) is 6.58. The van der Waals surface area contributed by atoms with Crippen molar-refractivity contribution in [1.29, 1.82) is 0 Å². The minimum absolute atomic E-state index is 0.193. The van der Waals surface area contributed by atoms with Crippen molar-refractivity contribution in [2.45, 2.75) is 58.1 Å². The van der Waals surface area contributed by atoms with Gasteiger partial charge in [0.05, 0.1) is 31.3 Å². The summed E-state index contributed by atoms with van der Waals surface area (Å²) in [6, 6.07) is 16.0. The molecule has 3 rings (SSSR count). The molecule has 2 aromatic carbocycles. The Labute approximate surface area is 179 Å². The average molecular weight is 410 g/mol. The van der Waals surface area contributed by atoms with E-state index in [1.165, 1.54) is 0 Å². The molecule has 0 aliphatic carbocycles. The summed E-state index contributed by atoms with van der Waals surface area (Å²) in [5, 5.41) is 0. The molecule has 1 atom stereocenters. The number of hydrogen-bond acceptors (Lipinski definition) is 5. The number of para-hydroxylation sites is 1. The second-order valence-electron chi connectivity index (χ2n) is 8.56. The maximum atomic E-state index is 12.3. The molecule has 1 fully saturated rings. The Morgan fingerprint density at radius 2 is 1.60 bits per heavy atom. The van der Waals surface area contributed by atoms with Crippen LogP contribution in [0.3, 0.4) is 0 Å². The standard InChI is InChI=1S/C24H31BO5/c1-7-28-22(26)16-20(25-29-23(2,3)24(4,5)30-25)18-14-12-17(13-15-18)19-10-8-9-11-21(19)27-6/h8-15,20H,7,16H2,1-6H3. The van der Waals surface area contributed by atoms with E-state index in [0.717, 1.165) is 22.4 Å². The number of carbonyl (C=O) groups is 1. The zero-order valence-corrected chi connectivity index (χ0v) is 18.7. The van der Waals surface area contributed by atoms with Crippen molar-refractivity contribution < 1.29 is 23.6 Å². The fourth-order valence-corrected chi connectivity index (χ4v) is 3.62. The van der Waals surface area contributed by atoms with Crippen LogP contribution in [0.15, 0.2) is 48.5 Å². The van der Waals surface area contributed by atoms with Gasteiger partial charge in [-0.3, -0.25) is 4.79 Å². The molecular weight excluding hydrogens is 379 g/mol. The fourth-order valence-electron chi connectivity index (χ4n) is 3.62. The lowest BCUT2D eigenvalue weighted by Crippen LogP contribution is -2.41. The summed E-state index contributed by atoms with van der Waals surface area (Å²) < 4.78 is 23.2. The summed E-state index contributed by atoms with van der Waals surface area (Å²) in [7, 11) is 1.14. The highest BCUT2D eigenvalue weighted by molar-refractivity contribution is 6.48. The molecule has 0 radical (unpaired) electrons. The van der Waals surface area contributed by atoms with Gasteiger partial charge in [0.25, 0.3) is 0 Å². The van der Waals surface area contributed by atoms with E-state index in [1.807, 2.05) is 83.1 Å². The molecule has 1 aliphatic rings. The Hall–Kier alpha value is -2.31. The Morgan fingerprint density at radius 3 is 2.17 bits per heavy atom. The zero-order valence-electron chi connectivity index (χ0n) is 18.7. The molecule has 1 heterocycles. The molecule has 30 heavy (non-hydrogen) atoms. The Bertz CT molecular complexity index is 859. The Balaban J connectivity index is 1.91. The van der Waals surface area contributed by atoms with E-state index in [0.29, 0.717) is 6.61 Å². The lowest BCUT2D eigenvalue weighted by Gasteiger charge is -2.32. The SMILES string of the molecule is CCOC(=O)CC(B1OC(C)(C)C(C)(C)O1)c1ccc(-c2ccccc2OC)cc1. The third-order valence-electron chi connectivity index (χ3n) is 6.05. The highest BCUT2D eigenvalue weighted by Gasteiger charge is 2.54. The summed E-state index contributed by atoms with van der Waals surface area (Å²) in [6.07, 6.45) is 0.193. The second kappa shape index (κ2) is 8.82. The van der Waals surface area contributed by atoms with Crippen LogP contribution in [0.25, 0.3) is 11.1 Å². The van der Waals surface area contributed by atoms with Crippen LogP contribution in [0.2, 0.25) is 0 Å². The summed E-state index contributed by atoms with van der Waals surface area (Å²) in [5.41, 5.74) is 2.09. The predicted molar refractivity (Wildman–Crippen MR) is 119 cm³/mol. The van der Waals surface area contributed by atoms with Gasteiger partial charge in [-0.25, -0.2) is 0 Å². The molecule has 0 amide bonds. The molecule has 5 nitrogen and oxygen atoms in total. The monoisotopic (exact) mass is 410 g/mol. The van der Waals surface area contributed by atoms with Crippen LogP contribution in [0, 0.1) is 0 Å². The fraction of sp³-hybridized carbons (Fsp3) is 0.458. The molecule has 0 bridgehead atoms. The van der Waals surface area contributed by atoms with Gasteiger partial charge in [0.15, 0.2) is 0 Å². The number of esters is 1. The summed E-state index contributed by atoms with van der Waals surface area (Å²) in [4.78, 5) is 12.3. The van der Waals surface area contributed by atoms with Gasteiger partial charge in [-0.1, -0.05) is 42.5 Å². The van der Waals surface area contributed by atoms with E-state index >= 15 is 0 Å². The third-order valence-corrected chi connectivity index (χ3v) is 6.05. The lowest BCUT2D eigenvalue weighted by molar-refractivity contribution is -0.143. The molecule has 6 heteroatoms. The molecule has 0 N–H and O–H groups in total. The average Bonchev–Trinajstić information content (AvgIpc) is 2.93. The van der Waals surface area contributed by atoms with Crippen molar-refractivity contribution in [2.24, 2.45) is 0 Å². The van der Waals surface area contributed by atoms with Gasteiger partial charge in [0.1, 0.15) is 5.75 Å². The maximum absolute atomic E-state index is 12.3. The number of ether oxygens (including phenoxy) is 2. The first kappa shape index (κ1) is 22.4. The van der Waals surface area contributed by atoms with Crippen molar-refractivity contribution in [2.75, 3.05) is 13.7 Å². The van der Waals surface area contributed by atoms with Crippen molar-refractivity contribution in [1.82, 2.24) is 0 Å². The van der Waals surface area contributed by atoms with Crippen LogP contribution in [0.4, 0.5) is 0 Å². The van der Waals surface area contributed by atoms with E-state index in [1.54, 1.807) is 7.11 Å². The summed E-state index contributed by atoms with van der Waals surface area (Å²) in [5.74, 6) is 0.294. The Morgan fingerprint density at radius 1 is 1.00 bits per heavy atom. The number of methoxy groups -OCH3 is 1. The highest BCUT2D eigenvalue weighted by Crippen LogP contribution is 2.42. The van der Waals surface area contributed by atoms with E-state index in [-0.39, 0.29) is 18.2 Å². The van der Waals surface area contributed by atoms with Gasteiger partial charge in [0.2, 0.25) is 0 Å². The molecule has 2 aromatic rings. The largest absolute Gasteiger partial charge is 0.496 e. The second-order valence-corrected chi connectivity index (χ2v) is 8.56. The van der Waals surface area contributed by atoms with Gasteiger partial charge in [0, 0.05) is 11.4 Å². The first-order valence-electron chi connectivity index (χ1n) is 10.4. The normalized spacial score (nSPS) is 18.1. The maximum Gasteiger partial charge on any atom is 0.466 e. The number of hydrogen-bond donors (Lipinski definition) is 0. The highest BCUT2D eigenvalue weighted by atomic mass is 16.7. The predicted octanol–water partition coefficient (Wildman–Crippen LogP) is 5.03. The summed E-state index contributed by atoms with van der Waals surface area (Å²) >= 11 is 0. The summed E-state index contributed by atoms with van der Waals surface area (Å²) in [6.45, 7) is 10.2. The van der Waals surface area contributed by atoms with Gasteiger partial charge in [-0.05, 0) is 51.8 Å². The quantitative estimate of drug-likeness (QED) is 0.473. The smallest absolute Gasteiger partial charge is 0.466 e. The van der Waals surface area contributed by atoms with Crippen LogP contribution in [0.1, 0.15) is 52.4 Å². The molecule has 1 unspecified atom stereocenters. The first-order chi connectivity index (χ1) is 14.2. The van der Waals surface area contributed by atoms with Crippen molar-refractivity contribution in [3.8, 4) is 16.9 Å². The van der Waals surface area contributed by atoms with Crippen LogP contribution < -0.4 is 4.74 Å². The minimum atomic E-state index is -0.531.